The normalized spacial score (nSPS) is 15.0. The predicted octanol–water partition coefficient (Wildman–Crippen LogP) is 4.60. The Balaban J connectivity index is 1.40. The van der Waals surface area contributed by atoms with E-state index in [0.29, 0.717) is 54.2 Å². The van der Waals surface area contributed by atoms with Crippen LogP contribution in [0.5, 0.6) is 0 Å². The Labute approximate surface area is 200 Å². The van der Waals surface area contributed by atoms with Crippen molar-refractivity contribution < 1.29 is 18.4 Å². The number of nitrogens with zero attached hydrogens (tertiary/aromatic N) is 4. The molecule has 3 aromatic heterocycles. The van der Waals surface area contributed by atoms with E-state index in [-0.39, 0.29) is 23.4 Å². The molecule has 0 unspecified atom stereocenters. The first-order chi connectivity index (χ1) is 16.7. The van der Waals surface area contributed by atoms with Crippen LogP contribution in [0.25, 0.3) is 28.2 Å². The van der Waals surface area contributed by atoms with E-state index in [9.17, 15) is 14.0 Å². The van der Waals surface area contributed by atoms with E-state index in [1.165, 1.54) is 12.1 Å². The number of H-pyrrole nitrogens is 1. The summed E-state index contributed by atoms with van der Waals surface area (Å²) in [5, 5.41) is 8.60. The average Bonchev–Trinajstić information content (AvgIpc) is 3.45. The Hall–Kier alpha value is -3.95. The molecule has 1 amide bonds. The second-order valence-corrected chi connectivity index (χ2v) is 9.70. The molecule has 0 spiro atoms. The van der Waals surface area contributed by atoms with Crippen LogP contribution in [0.1, 0.15) is 45.2 Å². The summed E-state index contributed by atoms with van der Waals surface area (Å²) in [7, 11) is 0. The highest BCUT2D eigenvalue weighted by Gasteiger charge is 2.29. The molecule has 1 aromatic carbocycles. The maximum absolute atomic E-state index is 13.2. The van der Waals surface area contributed by atoms with Gasteiger partial charge in [0.25, 0.3) is 5.56 Å². The second kappa shape index (κ2) is 8.68. The second-order valence-electron chi connectivity index (χ2n) is 9.70. The number of likely N-dealkylation sites (tertiary alicyclic amines) is 1. The van der Waals surface area contributed by atoms with Gasteiger partial charge in [0.1, 0.15) is 22.8 Å². The Morgan fingerprint density at radius 2 is 1.89 bits per heavy atom. The summed E-state index contributed by atoms with van der Waals surface area (Å²) in [6.07, 6.45) is 2.67. The lowest BCUT2D eigenvalue weighted by Crippen LogP contribution is -2.41. The van der Waals surface area contributed by atoms with Crippen LogP contribution < -0.4 is 5.56 Å². The number of amides is 1. The van der Waals surface area contributed by atoms with Crippen LogP contribution in [0.15, 0.2) is 51.9 Å². The van der Waals surface area contributed by atoms with Gasteiger partial charge in [-0.3, -0.25) is 4.79 Å². The largest absolute Gasteiger partial charge is 0.444 e. The third-order valence-corrected chi connectivity index (χ3v) is 6.01. The lowest BCUT2D eigenvalue weighted by atomic mass is 9.93. The van der Waals surface area contributed by atoms with Crippen molar-refractivity contribution in [1.82, 2.24) is 24.7 Å². The zero-order chi connectivity index (χ0) is 24.7. The number of aromatic nitrogens is 4. The summed E-state index contributed by atoms with van der Waals surface area (Å²) in [6.45, 7) is 6.60. The summed E-state index contributed by atoms with van der Waals surface area (Å²) in [4.78, 5) is 29.5. The number of rotatable bonds is 3. The molecular weight excluding hydrogens is 453 g/mol. The minimum absolute atomic E-state index is 0.0516. The lowest BCUT2D eigenvalue weighted by molar-refractivity contribution is 0.0203. The molecule has 10 heteroatoms. The first-order valence-electron chi connectivity index (χ1n) is 11.5. The fourth-order valence-corrected chi connectivity index (χ4v) is 4.33. The van der Waals surface area contributed by atoms with Crippen LogP contribution in [0, 0.1) is 5.82 Å². The number of halogens is 1. The van der Waals surface area contributed by atoms with Crippen molar-refractivity contribution in [2.24, 2.45) is 0 Å². The number of carbonyl (C=O) groups excluding carboxylic acids is 1. The Morgan fingerprint density at radius 3 is 2.57 bits per heavy atom. The number of hydrogen-bond donors (Lipinski definition) is 1. The van der Waals surface area contributed by atoms with Crippen LogP contribution in [0.4, 0.5) is 9.18 Å². The molecule has 35 heavy (non-hydrogen) atoms. The molecule has 4 heterocycles. The van der Waals surface area contributed by atoms with E-state index < -0.39 is 5.60 Å². The molecule has 1 fully saturated rings. The minimum atomic E-state index is -0.546. The van der Waals surface area contributed by atoms with Gasteiger partial charge >= 0.3 is 6.09 Å². The van der Waals surface area contributed by atoms with E-state index in [4.69, 9.17) is 9.26 Å². The number of ether oxygens (including phenoxy) is 1. The fraction of sp³-hybridized carbons (Fsp3) is 0.360. The van der Waals surface area contributed by atoms with Gasteiger partial charge in [-0.25, -0.2) is 13.7 Å². The Kier molecular flexibility index (Phi) is 5.66. The zero-order valence-electron chi connectivity index (χ0n) is 19.7. The average molecular weight is 480 g/mol. The number of benzene rings is 1. The highest BCUT2D eigenvalue weighted by atomic mass is 19.1. The van der Waals surface area contributed by atoms with Crippen molar-refractivity contribution in [2.45, 2.75) is 45.1 Å². The van der Waals surface area contributed by atoms with Gasteiger partial charge in [-0.2, -0.15) is 5.10 Å². The molecule has 0 aliphatic carbocycles. The smallest absolute Gasteiger partial charge is 0.410 e. The van der Waals surface area contributed by atoms with E-state index >= 15 is 0 Å². The summed E-state index contributed by atoms with van der Waals surface area (Å²) >= 11 is 0. The number of carbonyl (C=O) groups is 1. The number of fused-ring (bicyclic) bond motifs is 1. The maximum atomic E-state index is 13.2. The van der Waals surface area contributed by atoms with E-state index in [1.807, 2.05) is 20.8 Å². The van der Waals surface area contributed by atoms with Crippen molar-refractivity contribution >= 4 is 11.7 Å². The first kappa shape index (κ1) is 22.8. The third-order valence-electron chi connectivity index (χ3n) is 6.01. The van der Waals surface area contributed by atoms with Gasteiger partial charge in [-0.05, 0) is 57.9 Å². The highest BCUT2D eigenvalue weighted by Crippen LogP contribution is 2.32. The number of aromatic amines is 1. The summed E-state index contributed by atoms with van der Waals surface area (Å²) in [5.74, 6) is 0.157. The molecule has 1 aliphatic rings. The SMILES string of the molecule is CC(C)(C)OC(=O)N1CCC(c2cc(=O)[nH]c3c(-c4cc(-c5ccc(F)cc5)no4)cnn23)CC1. The van der Waals surface area contributed by atoms with Gasteiger partial charge in [-0.1, -0.05) is 5.16 Å². The van der Waals surface area contributed by atoms with Crippen LogP contribution in [0.2, 0.25) is 0 Å². The topological polar surface area (TPSA) is 106 Å². The van der Waals surface area contributed by atoms with Crippen LogP contribution in [-0.4, -0.2) is 49.4 Å². The molecule has 1 N–H and O–H groups in total. The van der Waals surface area contributed by atoms with Gasteiger partial charge in [0, 0.05) is 36.7 Å². The van der Waals surface area contributed by atoms with Crippen molar-refractivity contribution in [3.8, 4) is 22.6 Å². The number of nitrogens with one attached hydrogen (secondary N) is 1. The van der Waals surface area contributed by atoms with Gasteiger partial charge in [0.2, 0.25) is 0 Å². The fourth-order valence-electron chi connectivity index (χ4n) is 4.33. The lowest BCUT2D eigenvalue weighted by Gasteiger charge is -2.33. The van der Waals surface area contributed by atoms with E-state index in [1.54, 1.807) is 39.9 Å². The minimum Gasteiger partial charge on any atom is -0.444 e. The Morgan fingerprint density at radius 1 is 1.17 bits per heavy atom. The molecule has 0 bridgehead atoms. The molecule has 4 aromatic rings. The molecule has 182 valence electrons. The van der Waals surface area contributed by atoms with Crippen LogP contribution in [-0.2, 0) is 4.74 Å². The Bertz CT molecular complexity index is 1420. The van der Waals surface area contributed by atoms with Crippen molar-refractivity contribution in [2.75, 3.05) is 13.1 Å². The zero-order valence-corrected chi connectivity index (χ0v) is 19.7. The van der Waals surface area contributed by atoms with Gasteiger partial charge in [0.05, 0.1) is 17.5 Å². The first-order valence-corrected chi connectivity index (χ1v) is 11.5. The third kappa shape index (κ3) is 4.68. The maximum Gasteiger partial charge on any atom is 0.410 e. The highest BCUT2D eigenvalue weighted by molar-refractivity contribution is 5.76. The molecule has 9 nitrogen and oxygen atoms in total. The standard InChI is InChI=1S/C25H26FN5O4/c1-25(2,3)34-24(33)30-10-8-16(9-11-30)20-13-22(32)28-23-18(14-27-31(20)23)21-12-19(29-35-21)15-4-6-17(26)7-5-15/h4-7,12-14,16H,8-11H2,1-3H3,(H,28,32). The van der Waals surface area contributed by atoms with Crippen molar-refractivity contribution in [3.05, 3.63) is 64.5 Å². The van der Waals surface area contributed by atoms with Crippen molar-refractivity contribution in [3.63, 3.8) is 0 Å². The van der Waals surface area contributed by atoms with E-state index in [2.05, 4.69) is 15.2 Å². The number of hydrogen-bond acceptors (Lipinski definition) is 6. The molecule has 1 aliphatic heterocycles. The molecule has 0 saturated carbocycles. The number of piperidine rings is 1. The molecule has 1 saturated heterocycles. The quantitative estimate of drug-likeness (QED) is 0.460. The van der Waals surface area contributed by atoms with Gasteiger partial charge < -0.3 is 19.1 Å². The molecule has 0 atom stereocenters. The predicted molar refractivity (Wildman–Crippen MR) is 126 cm³/mol. The van der Waals surface area contributed by atoms with Crippen LogP contribution in [0.3, 0.4) is 0 Å². The van der Waals surface area contributed by atoms with Crippen molar-refractivity contribution in [1.29, 1.82) is 0 Å². The van der Waals surface area contributed by atoms with E-state index in [0.717, 1.165) is 5.69 Å². The van der Waals surface area contributed by atoms with Crippen LogP contribution >= 0.6 is 0 Å². The summed E-state index contributed by atoms with van der Waals surface area (Å²) in [6, 6.07) is 9.25. The molecule has 5 rings (SSSR count). The summed E-state index contributed by atoms with van der Waals surface area (Å²) < 4.78 is 26.0. The summed E-state index contributed by atoms with van der Waals surface area (Å²) in [5.41, 5.74) is 2.34. The monoisotopic (exact) mass is 479 g/mol. The molecule has 0 radical (unpaired) electrons. The van der Waals surface area contributed by atoms with Gasteiger partial charge in [0.15, 0.2) is 5.76 Å². The van der Waals surface area contributed by atoms with Gasteiger partial charge in [-0.15, -0.1) is 0 Å². The molecular formula is C25H26FN5O4.